The van der Waals surface area contributed by atoms with Crippen LogP contribution in [0, 0.1) is 13.8 Å². The van der Waals surface area contributed by atoms with Gasteiger partial charge in [0.1, 0.15) is 28.9 Å². The van der Waals surface area contributed by atoms with Crippen LogP contribution in [0.2, 0.25) is 0 Å². The molecule has 11 heteroatoms. The Balaban J connectivity index is 1.41. The van der Waals surface area contributed by atoms with Gasteiger partial charge in [0.15, 0.2) is 0 Å². The molecule has 0 aliphatic carbocycles. The van der Waals surface area contributed by atoms with Crippen LogP contribution in [0.4, 0.5) is 16.3 Å². The summed E-state index contributed by atoms with van der Waals surface area (Å²) >= 11 is 0. The van der Waals surface area contributed by atoms with Gasteiger partial charge in [-0.2, -0.15) is 5.10 Å². The molecule has 1 aliphatic rings. The zero-order valence-corrected chi connectivity index (χ0v) is 24.4. The van der Waals surface area contributed by atoms with Crippen LogP contribution in [0.1, 0.15) is 22.5 Å². The molecule has 0 spiro atoms. The highest BCUT2D eigenvalue weighted by Gasteiger charge is 2.27. The number of hydrogen-bond donors (Lipinski definition) is 0. The molecule has 1 saturated heterocycles. The molecule has 42 heavy (non-hydrogen) atoms. The maximum absolute atomic E-state index is 13.8. The van der Waals surface area contributed by atoms with Crippen LogP contribution in [-0.2, 0) is 17.7 Å². The molecule has 0 saturated carbocycles. The number of nitrogens with zero attached hydrogens (tertiary/aromatic N) is 6. The van der Waals surface area contributed by atoms with Crippen LogP contribution in [0.15, 0.2) is 61.1 Å². The van der Waals surface area contributed by atoms with Crippen molar-refractivity contribution in [3.8, 4) is 17.2 Å². The standard InChI is InChI=1S/C31H36N6O5/c1-22-6-5-7-23(2)30(22)42-31(38)37(26-9-8-25(39-3)19-27(26)40-4)29-10-11-32-28(34-29)18-24-20-33-36(21-24)13-12-35-14-16-41-17-15-35/h5-11,19-21H,12-18H2,1-4H3. The molecule has 3 heterocycles. The highest BCUT2D eigenvalue weighted by atomic mass is 16.6. The Morgan fingerprint density at radius 3 is 2.55 bits per heavy atom. The van der Waals surface area contributed by atoms with Crippen molar-refractivity contribution in [2.45, 2.75) is 26.8 Å². The summed E-state index contributed by atoms with van der Waals surface area (Å²) in [5.41, 5.74) is 3.12. The first kappa shape index (κ1) is 29.0. The van der Waals surface area contributed by atoms with Crippen molar-refractivity contribution >= 4 is 17.6 Å². The highest BCUT2D eigenvalue weighted by Crippen LogP contribution is 2.37. The molecule has 0 N–H and O–H groups in total. The zero-order chi connectivity index (χ0) is 29.5. The van der Waals surface area contributed by atoms with Crippen molar-refractivity contribution in [1.29, 1.82) is 0 Å². The number of hydrogen-bond acceptors (Lipinski definition) is 9. The number of carbonyl (C=O) groups excluding carboxylic acids is 1. The van der Waals surface area contributed by atoms with Crippen LogP contribution in [-0.4, -0.2) is 77.8 Å². The van der Waals surface area contributed by atoms with Gasteiger partial charge in [-0.1, -0.05) is 18.2 Å². The fourth-order valence-corrected chi connectivity index (χ4v) is 4.85. The van der Waals surface area contributed by atoms with Crippen LogP contribution in [0.25, 0.3) is 0 Å². The van der Waals surface area contributed by atoms with E-state index in [9.17, 15) is 4.79 Å². The lowest BCUT2D eigenvalue weighted by atomic mass is 10.1. The molecule has 2 aromatic carbocycles. The third-order valence-electron chi connectivity index (χ3n) is 7.13. The summed E-state index contributed by atoms with van der Waals surface area (Å²) in [5.74, 6) is 2.40. The Labute approximate surface area is 245 Å². The fourth-order valence-electron chi connectivity index (χ4n) is 4.85. The van der Waals surface area contributed by atoms with Gasteiger partial charge in [0, 0.05) is 44.5 Å². The molecule has 1 fully saturated rings. The summed E-state index contributed by atoms with van der Waals surface area (Å²) in [7, 11) is 3.11. The van der Waals surface area contributed by atoms with Gasteiger partial charge in [0.25, 0.3) is 0 Å². The smallest absolute Gasteiger partial charge is 0.425 e. The maximum atomic E-state index is 13.8. The Morgan fingerprint density at radius 2 is 1.81 bits per heavy atom. The Bertz CT molecular complexity index is 1500. The minimum absolute atomic E-state index is 0.347. The molecule has 2 aromatic heterocycles. The number of para-hydroxylation sites is 1. The normalized spacial score (nSPS) is 13.5. The second-order valence-electron chi connectivity index (χ2n) is 10.0. The van der Waals surface area contributed by atoms with E-state index in [0.717, 1.165) is 56.1 Å². The number of carbonyl (C=O) groups is 1. The Morgan fingerprint density at radius 1 is 1.02 bits per heavy atom. The lowest BCUT2D eigenvalue weighted by Gasteiger charge is -2.26. The largest absolute Gasteiger partial charge is 0.497 e. The number of aryl methyl sites for hydroxylation is 2. The van der Waals surface area contributed by atoms with Gasteiger partial charge in [-0.15, -0.1) is 0 Å². The van der Waals surface area contributed by atoms with Gasteiger partial charge >= 0.3 is 6.09 Å². The number of aromatic nitrogens is 4. The summed E-state index contributed by atoms with van der Waals surface area (Å²) in [5, 5.41) is 4.52. The molecule has 0 bridgehead atoms. The monoisotopic (exact) mass is 572 g/mol. The SMILES string of the molecule is COc1ccc(N(C(=O)Oc2c(C)cccc2C)c2ccnc(Cc3cnn(CCN4CCOCC4)c3)n2)c(OC)c1. The summed E-state index contributed by atoms with van der Waals surface area (Å²) in [6, 6.07) is 12.6. The number of ether oxygens (including phenoxy) is 4. The van der Waals surface area contributed by atoms with E-state index in [1.807, 2.05) is 49.1 Å². The zero-order valence-electron chi connectivity index (χ0n) is 24.4. The molecule has 0 atom stereocenters. The van der Waals surface area contributed by atoms with E-state index < -0.39 is 6.09 Å². The second-order valence-corrected chi connectivity index (χ2v) is 10.0. The number of rotatable bonds is 10. The molecule has 0 unspecified atom stereocenters. The summed E-state index contributed by atoms with van der Waals surface area (Å²) in [6.07, 6.45) is 5.29. The predicted octanol–water partition coefficient (Wildman–Crippen LogP) is 4.57. The second kappa shape index (κ2) is 13.5. The van der Waals surface area contributed by atoms with E-state index in [0.29, 0.717) is 41.0 Å². The molecule has 220 valence electrons. The third-order valence-corrected chi connectivity index (χ3v) is 7.13. The average Bonchev–Trinajstić information content (AvgIpc) is 3.46. The number of methoxy groups -OCH3 is 2. The van der Waals surface area contributed by atoms with Crippen LogP contribution >= 0.6 is 0 Å². The molecular weight excluding hydrogens is 536 g/mol. The molecule has 1 aliphatic heterocycles. The van der Waals surface area contributed by atoms with Crippen molar-refractivity contribution in [2.24, 2.45) is 0 Å². The van der Waals surface area contributed by atoms with Crippen molar-refractivity contribution in [3.63, 3.8) is 0 Å². The molecular formula is C31H36N6O5. The average molecular weight is 573 g/mol. The van der Waals surface area contributed by atoms with Crippen LogP contribution in [0.5, 0.6) is 17.2 Å². The van der Waals surface area contributed by atoms with Gasteiger partial charge in [-0.25, -0.2) is 19.7 Å². The number of anilines is 2. The van der Waals surface area contributed by atoms with E-state index in [1.165, 1.54) is 12.0 Å². The molecule has 11 nitrogen and oxygen atoms in total. The van der Waals surface area contributed by atoms with E-state index in [2.05, 4.69) is 15.0 Å². The lowest BCUT2D eigenvalue weighted by Crippen LogP contribution is -2.38. The van der Waals surface area contributed by atoms with Gasteiger partial charge in [0.2, 0.25) is 0 Å². The number of morpholine rings is 1. The molecule has 0 radical (unpaired) electrons. The third kappa shape index (κ3) is 6.87. The Hall–Kier alpha value is -4.48. The topological polar surface area (TPSA) is 104 Å². The van der Waals surface area contributed by atoms with E-state index in [4.69, 9.17) is 23.9 Å². The van der Waals surface area contributed by atoms with Crippen molar-refractivity contribution in [2.75, 3.05) is 52.0 Å². The summed E-state index contributed by atoms with van der Waals surface area (Å²) in [4.78, 5) is 26.9. The van der Waals surface area contributed by atoms with Crippen molar-refractivity contribution < 1.29 is 23.7 Å². The van der Waals surface area contributed by atoms with Crippen molar-refractivity contribution in [1.82, 2.24) is 24.6 Å². The van der Waals surface area contributed by atoms with Gasteiger partial charge in [0.05, 0.1) is 45.9 Å². The van der Waals surface area contributed by atoms with E-state index in [-0.39, 0.29) is 0 Å². The van der Waals surface area contributed by atoms with Gasteiger partial charge in [-0.3, -0.25) is 9.58 Å². The molecule has 5 rings (SSSR count). The van der Waals surface area contributed by atoms with Crippen molar-refractivity contribution in [3.05, 3.63) is 83.6 Å². The minimum Gasteiger partial charge on any atom is -0.497 e. The first-order valence-electron chi connectivity index (χ1n) is 13.9. The number of benzene rings is 2. The summed E-state index contributed by atoms with van der Waals surface area (Å²) < 4.78 is 24.3. The van der Waals surface area contributed by atoms with Crippen LogP contribution < -0.4 is 19.1 Å². The maximum Gasteiger partial charge on any atom is 0.425 e. The van der Waals surface area contributed by atoms with Gasteiger partial charge < -0.3 is 18.9 Å². The predicted molar refractivity (Wildman–Crippen MR) is 158 cm³/mol. The first-order chi connectivity index (χ1) is 20.4. The van der Waals surface area contributed by atoms with Gasteiger partial charge in [-0.05, 0) is 48.7 Å². The fraction of sp³-hybridized carbons (Fsp3) is 0.355. The summed E-state index contributed by atoms with van der Waals surface area (Å²) in [6.45, 7) is 8.93. The quantitative estimate of drug-likeness (QED) is 0.270. The molecule has 4 aromatic rings. The lowest BCUT2D eigenvalue weighted by molar-refractivity contribution is 0.0359. The molecule has 1 amide bonds. The van der Waals surface area contributed by atoms with E-state index >= 15 is 0 Å². The first-order valence-corrected chi connectivity index (χ1v) is 13.9. The number of amides is 1. The van der Waals surface area contributed by atoms with E-state index in [1.54, 1.807) is 37.6 Å². The van der Waals surface area contributed by atoms with Crippen LogP contribution in [0.3, 0.4) is 0 Å². The highest BCUT2D eigenvalue weighted by molar-refractivity contribution is 5.98. The Kier molecular flexibility index (Phi) is 9.30. The minimum atomic E-state index is -0.628.